The van der Waals surface area contributed by atoms with Crippen molar-refractivity contribution in [3.8, 4) is 0 Å². The molecule has 5 heteroatoms. The fourth-order valence-electron chi connectivity index (χ4n) is 5.57. The number of rotatable bonds is 4. The highest BCUT2D eigenvalue weighted by Gasteiger charge is 2.28. The Labute approximate surface area is 190 Å². The Bertz CT molecular complexity index is 1080. The Morgan fingerprint density at radius 1 is 0.750 bits per heavy atom. The number of anilines is 2. The molecule has 1 saturated carbocycles. The molecule has 1 N–H and O–H groups in total. The lowest BCUT2D eigenvalue weighted by atomic mass is 9.93. The van der Waals surface area contributed by atoms with Crippen molar-refractivity contribution in [3.05, 3.63) is 65.0 Å². The van der Waals surface area contributed by atoms with E-state index in [1.807, 2.05) is 59.2 Å². The third-order valence-electron chi connectivity index (χ3n) is 7.29. The summed E-state index contributed by atoms with van der Waals surface area (Å²) in [6.07, 6.45) is 11.7. The summed E-state index contributed by atoms with van der Waals surface area (Å²) < 4.78 is 2.02. The minimum absolute atomic E-state index is 0.0167. The van der Waals surface area contributed by atoms with E-state index in [1.54, 1.807) is 0 Å². The molecule has 2 aliphatic rings. The zero-order valence-corrected chi connectivity index (χ0v) is 18.9. The first kappa shape index (κ1) is 21.2. The number of para-hydroxylation sites is 3. The lowest BCUT2D eigenvalue weighted by Crippen LogP contribution is -2.43. The molecule has 1 aromatic heterocycles. The van der Waals surface area contributed by atoms with Gasteiger partial charge >= 0.3 is 0 Å². The molecule has 0 atom stereocenters. The highest BCUT2D eigenvalue weighted by atomic mass is 16.1. The summed E-state index contributed by atoms with van der Waals surface area (Å²) in [7, 11) is 0. The molecule has 5 nitrogen and oxygen atoms in total. The molecule has 2 aromatic carbocycles. The van der Waals surface area contributed by atoms with Crippen molar-refractivity contribution in [2.45, 2.75) is 69.9 Å². The van der Waals surface area contributed by atoms with E-state index in [-0.39, 0.29) is 11.6 Å². The second-order valence-electron chi connectivity index (χ2n) is 9.38. The van der Waals surface area contributed by atoms with Gasteiger partial charge in [-0.2, -0.15) is 0 Å². The minimum atomic E-state index is -0.0167. The van der Waals surface area contributed by atoms with Gasteiger partial charge in [-0.1, -0.05) is 62.4 Å². The van der Waals surface area contributed by atoms with Gasteiger partial charge in [0, 0.05) is 30.9 Å². The molecule has 1 saturated heterocycles. The van der Waals surface area contributed by atoms with Gasteiger partial charge in [-0.3, -0.25) is 4.79 Å². The molecular formula is C27H34N4O. The number of benzene rings is 2. The Morgan fingerprint density at radius 3 is 2.16 bits per heavy atom. The first-order valence-corrected chi connectivity index (χ1v) is 12.4. The summed E-state index contributed by atoms with van der Waals surface area (Å²) >= 11 is 0. The van der Waals surface area contributed by atoms with Crippen molar-refractivity contribution in [2.75, 3.05) is 18.4 Å². The third kappa shape index (κ3) is 4.58. The summed E-state index contributed by atoms with van der Waals surface area (Å²) in [6, 6.07) is 18.8. The summed E-state index contributed by atoms with van der Waals surface area (Å²) in [4.78, 5) is 21.0. The molecule has 0 radical (unpaired) electrons. The highest BCUT2D eigenvalue weighted by Crippen LogP contribution is 2.30. The summed E-state index contributed by atoms with van der Waals surface area (Å²) in [5.74, 6) is 0.414. The minimum Gasteiger partial charge on any atom is -0.336 e. The second kappa shape index (κ2) is 9.86. The molecule has 0 spiro atoms. The Kier molecular flexibility index (Phi) is 6.54. The van der Waals surface area contributed by atoms with E-state index in [0.29, 0.717) is 5.82 Å². The maximum atomic E-state index is 13.6. The van der Waals surface area contributed by atoms with Gasteiger partial charge in [-0.15, -0.1) is 0 Å². The number of hydrogen-bond donors (Lipinski definition) is 1. The van der Waals surface area contributed by atoms with Crippen LogP contribution in [0.15, 0.2) is 59.4 Å². The van der Waals surface area contributed by atoms with Crippen LogP contribution in [0.4, 0.5) is 11.5 Å². The number of aromatic nitrogens is 2. The van der Waals surface area contributed by atoms with Crippen molar-refractivity contribution >= 4 is 22.5 Å². The van der Waals surface area contributed by atoms with Crippen LogP contribution in [0.1, 0.15) is 63.8 Å². The molecule has 1 aliphatic carbocycles. The molecule has 168 valence electrons. The third-order valence-corrected chi connectivity index (χ3v) is 7.29. The topological polar surface area (TPSA) is 50.2 Å². The van der Waals surface area contributed by atoms with Crippen LogP contribution in [0.3, 0.4) is 0 Å². The monoisotopic (exact) mass is 430 g/mol. The quantitative estimate of drug-likeness (QED) is 0.561. The van der Waals surface area contributed by atoms with Gasteiger partial charge in [0.1, 0.15) is 0 Å². The van der Waals surface area contributed by atoms with Crippen molar-refractivity contribution < 1.29 is 0 Å². The number of nitrogens with one attached hydrogen (secondary N) is 1. The second-order valence-corrected chi connectivity index (χ2v) is 9.38. The Balaban J connectivity index is 1.40. The number of piperidine rings is 1. The maximum absolute atomic E-state index is 13.6. The van der Waals surface area contributed by atoms with Crippen LogP contribution in [-0.4, -0.2) is 33.6 Å². The van der Waals surface area contributed by atoms with Gasteiger partial charge in [0.05, 0.1) is 11.0 Å². The lowest BCUT2D eigenvalue weighted by molar-refractivity contribution is 0.116. The molecule has 1 aliphatic heterocycles. The van der Waals surface area contributed by atoms with Crippen LogP contribution in [0, 0.1) is 0 Å². The maximum Gasteiger partial charge on any atom is 0.294 e. The average Bonchev–Trinajstić information content (AvgIpc) is 2.81. The smallest absolute Gasteiger partial charge is 0.294 e. The van der Waals surface area contributed by atoms with Crippen LogP contribution in [0.2, 0.25) is 0 Å². The molecule has 2 fully saturated rings. The number of nitrogens with zero attached hydrogens (tertiary/aromatic N) is 3. The largest absolute Gasteiger partial charge is 0.336 e. The average molecular weight is 431 g/mol. The lowest BCUT2D eigenvalue weighted by Gasteiger charge is -2.39. The fraction of sp³-hybridized carbons (Fsp3) is 0.481. The van der Waals surface area contributed by atoms with E-state index in [9.17, 15) is 4.79 Å². The van der Waals surface area contributed by atoms with E-state index in [1.165, 1.54) is 44.9 Å². The molecule has 0 amide bonds. The van der Waals surface area contributed by atoms with Gasteiger partial charge in [-0.05, 0) is 49.9 Å². The van der Waals surface area contributed by atoms with Crippen LogP contribution in [-0.2, 0) is 0 Å². The molecular weight excluding hydrogens is 396 g/mol. The van der Waals surface area contributed by atoms with Gasteiger partial charge in [0.15, 0.2) is 5.82 Å². The highest BCUT2D eigenvalue weighted by molar-refractivity contribution is 5.77. The first-order valence-electron chi connectivity index (χ1n) is 12.4. The van der Waals surface area contributed by atoms with Crippen LogP contribution < -0.4 is 10.9 Å². The van der Waals surface area contributed by atoms with Crippen molar-refractivity contribution in [1.82, 2.24) is 14.5 Å². The predicted octanol–water partition coefficient (Wildman–Crippen LogP) is 5.89. The van der Waals surface area contributed by atoms with Crippen LogP contribution >= 0.6 is 0 Å². The Hall–Kier alpha value is -2.66. The summed E-state index contributed by atoms with van der Waals surface area (Å²) in [6.45, 7) is 2.17. The summed E-state index contributed by atoms with van der Waals surface area (Å²) in [5.41, 5.74) is 2.68. The molecule has 0 unspecified atom stereocenters. The molecule has 32 heavy (non-hydrogen) atoms. The van der Waals surface area contributed by atoms with Crippen molar-refractivity contribution in [3.63, 3.8) is 0 Å². The zero-order valence-electron chi connectivity index (χ0n) is 18.9. The summed E-state index contributed by atoms with van der Waals surface area (Å²) in [5, 5.41) is 3.26. The molecule has 5 rings (SSSR count). The molecule has 0 bridgehead atoms. The van der Waals surface area contributed by atoms with Gasteiger partial charge in [-0.25, -0.2) is 4.98 Å². The standard InChI is InChI=1S/C27H34N4O/c32-27-26(28-21-11-5-4-6-12-21)29-24-15-9-10-16-25(24)31(27)23-17-19-30(20-18-23)22-13-7-2-1-3-8-14-22/h4-6,9-12,15-16,22-23H,1-3,7-8,13-14,17-20H2,(H,28,29). The van der Waals surface area contributed by atoms with Crippen LogP contribution in [0.25, 0.3) is 11.0 Å². The van der Waals surface area contributed by atoms with E-state index < -0.39 is 0 Å². The first-order chi connectivity index (χ1) is 15.8. The van der Waals surface area contributed by atoms with Crippen molar-refractivity contribution in [2.24, 2.45) is 0 Å². The van der Waals surface area contributed by atoms with E-state index in [2.05, 4.69) is 15.2 Å². The molecule has 2 heterocycles. The molecule has 3 aromatic rings. The van der Waals surface area contributed by atoms with Crippen molar-refractivity contribution in [1.29, 1.82) is 0 Å². The number of hydrogen-bond acceptors (Lipinski definition) is 4. The normalized spacial score (nSPS) is 19.5. The van der Waals surface area contributed by atoms with E-state index in [4.69, 9.17) is 0 Å². The predicted molar refractivity (Wildman–Crippen MR) is 132 cm³/mol. The van der Waals surface area contributed by atoms with E-state index >= 15 is 0 Å². The SMILES string of the molecule is O=c1c(Nc2ccccc2)nc2ccccc2n1C1CCN(C2CCCCCCC2)CC1. The number of likely N-dealkylation sites (tertiary alicyclic amines) is 1. The zero-order chi connectivity index (χ0) is 21.8. The van der Waals surface area contributed by atoms with Gasteiger partial charge in [0.25, 0.3) is 5.56 Å². The Morgan fingerprint density at radius 2 is 1.41 bits per heavy atom. The van der Waals surface area contributed by atoms with Gasteiger partial charge < -0.3 is 14.8 Å². The van der Waals surface area contributed by atoms with Crippen LogP contribution in [0.5, 0.6) is 0 Å². The fourth-order valence-corrected chi connectivity index (χ4v) is 5.57. The van der Waals surface area contributed by atoms with Gasteiger partial charge in [0.2, 0.25) is 0 Å². The van der Waals surface area contributed by atoms with E-state index in [0.717, 1.165) is 48.7 Å². The number of fused-ring (bicyclic) bond motifs is 1.